The van der Waals surface area contributed by atoms with E-state index in [0.29, 0.717) is 22.5 Å². The molecule has 0 unspecified atom stereocenters. The Labute approximate surface area is 101 Å². The predicted octanol–water partition coefficient (Wildman–Crippen LogP) is 2.44. The van der Waals surface area contributed by atoms with Gasteiger partial charge in [-0.25, -0.2) is 4.98 Å². The number of anilines is 1. The summed E-state index contributed by atoms with van der Waals surface area (Å²) in [5, 5.41) is 6.18. The summed E-state index contributed by atoms with van der Waals surface area (Å²) in [5.41, 5.74) is 7.07. The van der Waals surface area contributed by atoms with Crippen molar-refractivity contribution in [3.8, 4) is 23.0 Å². The maximum atomic E-state index is 5.55. The average molecular weight is 244 g/mol. The summed E-state index contributed by atoms with van der Waals surface area (Å²) in [6.07, 6.45) is 0. The molecule has 17 heavy (non-hydrogen) atoms. The summed E-state index contributed by atoms with van der Waals surface area (Å²) in [5.74, 6) is 0.934. The number of aromatic nitrogens is 3. The van der Waals surface area contributed by atoms with Crippen LogP contribution in [-0.4, -0.2) is 15.1 Å². The van der Waals surface area contributed by atoms with Crippen LogP contribution >= 0.6 is 11.3 Å². The van der Waals surface area contributed by atoms with E-state index in [4.69, 9.17) is 10.3 Å². The molecule has 0 aliphatic carbocycles. The minimum atomic E-state index is 0.386. The van der Waals surface area contributed by atoms with Crippen molar-refractivity contribution >= 4 is 16.5 Å². The first-order chi connectivity index (χ1) is 8.33. The lowest BCUT2D eigenvalue weighted by molar-refractivity contribution is 0.431. The van der Waals surface area contributed by atoms with Crippen molar-refractivity contribution in [2.75, 3.05) is 5.73 Å². The molecule has 0 fully saturated rings. The lowest BCUT2D eigenvalue weighted by Crippen LogP contribution is -1.83. The van der Waals surface area contributed by atoms with E-state index < -0.39 is 0 Å². The monoisotopic (exact) mass is 244 g/mol. The van der Waals surface area contributed by atoms with Gasteiger partial charge in [-0.15, -0.1) is 11.3 Å². The first kappa shape index (κ1) is 9.98. The fraction of sp³-hybridized carbons (Fsp3) is 0. The molecule has 3 aromatic rings. The SMILES string of the molecule is Nc1nc(-c2nc(-c3ccccc3)no2)cs1. The predicted molar refractivity (Wildman–Crippen MR) is 65.3 cm³/mol. The number of hydrogen-bond donors (Lipinski definition) is 1. The number of hydrogen-bond acceptors (Lipinski definition) is 6. The lowest BCUT2D eigenvalue weighted by Gasteiger charge is -1.90. The van der Waals surface area contributed by atoms with Gasteiger partial charge in [0.05, 0.1) is 0 Å². The Hall–Kier alpha value is -2.21. The number of thiazole rings is 1. The molecule has 0 spiro atoms. The highest BCUT2D eigenvalue weighted by Crippen LogP contribution is 2.24. The highest BCUT2D eigenvalue weighted by atomic mass is 32.1. The number of nitrogens with two attached hydrogens (primary N) is 1. The second-order valence-corrected chi connectivity index (χ2v) is 4.25. The zero-order valence-electron chi connectivity index (χ0n) is 8.70. The zero-order valence-corrected chi connectivity index (χ0v) is 9.52. The van der Waals surface area contributed by atoms with E-state index in [1.54, 1.807) is 5.38 Å². The molecule has 0 saturated heterocycles. The molecule has 0 amide bonds. The molecule has 3 rings (SSSR count). The standard InChI is InChI=1S/C11H8N4OS/c12-11-13-8(6-17-11)10-14-9(15-16-10)7-4-2-1-3-5-7/h1-6H,(H2,12,13). The quantitative estimate of drug-likeness (QED) is 0.749. The summed E-state index contributed by atoms with van der Waals surface area (Å²) in [6.45, 7) is 0. The van der Waals surface area contributed by atoms with Crippen molar-refractivity contribution in [1.82, 2.24) is 15.1 Å². The molecule has 5 nitrogen and oxygen atoms in total. The molecule has 2 N–H and O–H groups in total. The molecule has 2 aromatic heterocycles. The first-order valence-electron chi connectivity index (χ1n) is 4.93. The number of nitrogens with zero attached hydrogens (tertiary/aromatic N) is 3. The minimum Gasteiger partial charge on any atom is -0.375 e. The Morgan fingerprint density at radius 1 is 1.12 bits per heavy atom. The Morgan fingerprint density at radius 2 is 1.94 bits per heavy atom. The summed E-state index contributed by atoms with van der Waals surface area (Å²) in [4.78, 5) is 8.36. The second-order valence-electron chi connectivity index (χ2n) is 3.36. The molecule has 2 heterocycles. The van der Waals surface area contributed by atoms with E-state index >= 15 is 0 Å². The van der Waals surface area contributed by atoms with E-state index in [1.165, 1.54) is 11.3 Å². The van der Waals surface area contributed by atoms with E-state index in [2.05, 4.69) is 15.1 Å². The highest BCUT2D eigenvalue weighted by molar-refractivity contribution is 7.13. The van der Waals surface area contributed by atoms with Crippen LogP contribution < -0.4 is 5.73 Å². The maximum Gasteiger partial charge on any atom is 0.277 e. The van der Waals surface area contributed by atoms with Crippen LogP contribution in [0.25, 0.3) is 23.0 Å². The second kappa shape index (κ2) is 3.99. The van der Waals surface area contributed by atoms with Gasteiger partial charge in [0.15, 0.2) is 5.13 Å². The molecule has 0 aliphatic heterocycles. The first-order valence-corrected chi connectivity index (χ1v) is 5.81. The van der Waals surface area contributed by atoms with Crippen LogP contribution in [0.1, 0.15) is 0 Å². The Bertz CT molecular complexity index is 632. The Balaban J connectivity index is 1.99. The number of benzene rings is 1. The Kier molecular flexibility index (Phi) is 2.34. The van der Waals surface area contributed by atoms with Gasteiger partial charge >= 0.3 is 0 Å². The van der Waals surface area contributed by atoms with Gasteiger partial charge in [-0.3, -0.25) is 0 Å². The Morgan fingerprint density at radius 3 is 2.65 bits per heavy atom. The zero-order chi connectivity index (χ0) is 11.7. The molecule has 0 atom stereocenters. The normalized spacial score (nSPS) is 10.6. The van der Waals surface area contributed by atoms with Crippen LogP contribution in [0.4, 0.5) is 5.13 Å². The summed E-state index contributed by atoms with van der Waals surface area (Å²) >= 11 is 1.34. The van der Waals surface area contributed by atoms with Crippen LogP contribution in [-0.2, 0) is 0 Å². The molecule has 0 aliphatic rings. The van der Waals surface area contributed by atoms with Gasteiger partial charge in [0.2, 0.25) is 5.82 Å². The smallest absolute Gasteiger partial charge is 0.277 e. The van der Waals surface area contributed by atoms with Gasteiger partial charge in [-0.1, -0.05) is 35.5 Å². The average Bonchev–Trinajstić information content (AvgIpc) is 2.98. The molecule has 0 saturated carbocycles. The van der Waals surface area contributed by atoms with Crippen LogP contribution in [0, 0.1) is 0 Å². The maximum absolute atomic E-state index is 5.55. The fourth-order valence-electron chi connectivity index (χ4n) is 1.42. The lowest BCUT2D eigenvalue weighted by atomic mass is 10.2. The van der Waals surface area contributed by atoms with Gasteiger partial charge in [0, 0.05) is 10.9 Å². The van der Waals surface area contributed by atoms with Crippen LogP contribution in [0.15, 0.2) is 40.2 Å². The summed E-state index contributed by atoms with van der Waals surface area (Å²) in [7, 11) is 0. The summed E-state index contributed by atoms with van der Waals surface area (Å²) < 4.78 is 5.15. The van der Waals surface area contributed by atoms with Gasteiger partial charge in [0.25, 0.3) is 5.89 Å². The van der Waals surface area contributed by atoms with Crippen LogP contribution in [0.5, 0.6) is 0 Å². The van der Waals surface area contributed by atoms with E-state index in [9.17, 15) is 0 Å². The van der Waals surface area contributed by atoms with Crippen molar-refractivity contribution in [3.63, 3.8) is 0 Å². The van der Waals surface area contributed by atoms with Gasteiger partial charge < -0.3 is 10.3 Å². The van der Waals surface area contributed by atoms with Crippen molar-refractivity contribution in [2.45, 2.75) is 0 Å². The molecule has 0 radical (unpaired) electrons. The van der Waals surface area contributed by atoms with Gasteiger partial charge in [0.1, 0.15) is 5.69 Å². The molecular formula is C11H8N4OS. The van der Waals surface area contributed by atoms with Gasteiger partial charge in [-0.05, 0) is 0 Å². The van der Waals surface area contributed by atoms with E-state index in [0.717, 1.165) is 5.56 Å². The third-order valence-electron chi connectivity index (χ3n) is 2.20. The van der Waals surface area contributed by atoms with Crippen molar-refractivity contribution in [3.05, 3.63) is 35.7 Å². The summed E-state index contributed by atoms with van der Waals surface area (Å²) in [6, 6.07) is 9.62. The molecular weight excluding hydrogens is 236 g/mol. The molecule has 84 valence electrons. The van der Waals surface area contributed by atoms with Crippen molar-refractivity contribution < 1.29 is 4.52 Å². The molecule has 6 heteroatoms. The van der Waals surface area contributed by atoms with E-state index in [1.807, 2.05) is 30.3 Å². The highest BCUT2D eigenvalue weighted by Gasteiger charge is 2.12. The van der Waals surface area contributed by atoms with Crippen LogP contribution in [0.2, 0.25) is 0 Å². The third-order valence-corrected chi connectivity index (χ3v) is 2.87. The van der Waals surface area contributed by atoms with E-state index in [-0.39, 0.29) is 0 Å². The number of nitrogen functional groups attached to an aromatic ring is 1. The topological polar surface area (TPSA) is 77.8 Å². The largest absolute Gasteiger partial charge is 0.375 e. The van der Waals surface area contributed by atoms with Crippen LogP contribution in [0.3, 0.4) is 0 Å². The fourth-order valence-corrected chi connectivity index (χ4v) is 1.95. The number of rotatable bonds is 2. The van der Waals surface area contributed by atoms with Crippen molar-refractivity contribution in [2.24, 2.45) is 0 Å². The minimum absolute atomic E-state index is 0.386. The third kappa shape index (κ3) is 1.90. The molecule has 0 bridgehead atoms. The molecule has 1 aromatic carbocycles. The van der Waals surface area contributed by atoms with Crippen molar-refractivity contribution in [1.29, 1.82) is 0 Å². The van der Waals surface area contributed by atoms with Gasteiger partial charge in [-0.2, -0.15) is 4.98 Å².